The maximum absolute atomic E-state index is 5.72. The van der Waals surface area contributed by atoms with Crippen LogP contribution in [0.1, 0.15) is 0 Å². The van der Waals surface area contributed by atoms with Crippen LogP contribution in [0.3, 0.4) is 0 Å². The number of hydrogen-bond donors (Lipinski definition) is 0. The molecule has 0 spiro atoms. The van der Waals surface area contributed by atoms with Crippen LogP contribution in [0.25, 0.3) is 0 Å². The van der Waals surface area contributed by atoms with E-state index in [-0.39, 0.29) is 0 Å². The number of halogens is 1. The second-order valence-corrected chi connectivity index (χ2v) is 4.56. The van der Waals surface area contributed by atoms with Gasteiger partial charge in [0.1, 0.15) is 6.61 Å². The summed E-state index contributed by atoms with van der Waals surface area (Å²) in [5, 5.41) is 0.363. The first-order valence-electron chi connectivity index (χ1n) is 5.75. The second kappa shape index (κ2) is 6.14. The van der Waals surface area contributed by atoms with E-state index in [0.29, 0.717) is 17.6 Å². The van der Waals surface area contributed by atoms with E-state index in [9.17, 15) is 0 Å². The van der Waals surface area contributed by atoms with Gasteiger partial charge in [-0.3, -0.25) is 9.88 Å². The first kappa shape index (κ1) is 12.5. The number of ether oxygens (including phenoxy) is 1. The first-order valence-corrected chi connectivity index (χ1v) is 6.13. The Balaban J connectivity index is 1.69. The van der Waals surface area contributed by atoms with E-state index in [4.69, 9.17) is 16.3 Å². The largest absolute Gasteiger partial charge is 0.475 e. The number of hydrogen-bond acceptors (Lipinski definition) is 5. The van der Waals surface area contributed by atoms with Crippen molar-refractivity contribution >= 4 is 11.6 Å². The molecule has 1 aromatic heterocycles. The molecule has 1 aliphatic rings. The molecule has 0 N–H and O–H groups in total. The summed E-state index contributed by atoms with van der Waals surface area (Å²) in [5.74, 6) is 0.492. The van der Waals surface area contributed by atoms with Crippen LogP contribution in [0, 0.1) is 0 Å². The smallest absolute Gasteiger partial charge is 0.233 e. The summed E-state index contributed by atoms with van der Waals surface area (Å²) in [5.41, 5.74) is 0. The van der Waals surface area contributed by atoms with Gasteiger partial charge in [-0.1, -0.05) is 11.6 Å². The summed E-state index contributed by atoms with van der Waals surface area (Å²) in [4.78, 5) is 12.7. The van der Waals surface area contributed by atoms with Crippen molar-refractivity contribution in [3.05, 3.63) is 17.5 Å². The molecule has 0 bridgehead atoms. The molecule has 5 nitrogen and oxygen atoms in total. The molecule has 0 amide bonds. The van der Waals surface area contributed by atoms with E-state index in [1.165, 1.54) is 6.20 Å². The maximum atomic E-state index is 5.72. The quantitative estimate of drug-likeness (QED) is 0.796. The van der Waals surface area contributed by atoms with Crippen molar-refractivity contribution in [1.29, 1.82) is 0 Å². The van der Waals surface area contributed by atoms with Gasteiger partial charge in [0.15, 0.2) is 5.15 Å². The van der Waals surface area contributed by atoms with Crippen LogP contribution in [-0.2, 0) is 0 Å². The number of aromatic nitrogens is 2. The average molecular weight is 257 g/mol. The van der Waals surface area contributed by atoms with Gasteiger partial charge in [0.2, 0.25) is 5.88 Å². The van der Waals surface area contributed by atoms with E-state index >= 15 is 0 Å². The van der Waals surface area contributed by atoms with Crippen LogP contribution in [0.15, 0.2) is 12.4 Å². The SMILES string of the molecule is CN1CCN(CCOc2cncc(Cl)n2)CC1. The summed E-state index contributed by atoms with van der Waals surface area (Å²) in [7, 11) is 2.15. The van der Waals surface area contributed by atoms with Gasteiger partial charge in [0.05, 0.1) is 12.4 Å². The highest BCUT2D eigenvalue weighted by Crippen LogP contribution is 2.09. The van der Waals surface area contributed by atoms with Gasteiger partial charge >= 0.3 is 0 Å². The Morgan fingerprint density at radius 2 is 2.06 bits per heavy atom. The third kappa shape index (κ3) is 4.11. The predicted molar refractivity (Wildman–Crippen MR) is 66.5 cm³/mol. The number of piperazine rings is 1. The standard InChI is InChI=1S/C11H17ClN4O/c1-15-2-4-16(5-3-15)6-7-17-11-9-13-8-10(12)14-11/h8-9H,2-7H2,1H3. The Labute approximate surface area is 106 Å². The maximum Gasteiger partial charge on any atom is 0.233 e. The Hall–Kier alpha value is -0.910. The molecule has 17 heavy (non-hydrogen) atoms. The molecule has 1 aromatic rings. The molecule has 2 rings (SSSR count). The predicted octanol–water partition coefficient (Wildman–Crippen LogP) is 0.756. The van der Waals surface area contributed by atoms with E-state index in [2.05, 4.69) is 26.8 Å². The van der Waals surface area contributed by atoms with Gasteiger partial charge in [0, 0.05) is 32.7 Å². The lowest BCUT2D eigenvalue weighted by molar-refractivity contribution is 0.132. The van der Waals surface area contributed by atoms with E-state index in [0.717, 1.165) is 32.7 Å². The highest BCUT2D eigenvalue weighted by Gasteiger charge is 2.13. The minimum absolute atomic E-state index is 0.363. The fourth-order valence-electron chi connectivity index (χ4n) is 1.75. The van der Waals surface area contributed by atoms with Crippen LogP contribution >= 0.6 is 11.6 Å². The van der Waals surface area contributed by atoms with Crippen molar-refractivity contribution in [3.8, 4) is 5.88 Å². The molecule has 0 aliphatic carbocycles. The van der Waals surface area contributed by atoms with Crippen LogP contribution in [0.4, 0.5) is 0 Å². The van der Waals surface area contributed by atoms with E-state index in [1.54, 1.807) is 6.20 Å². The van der Waals surface area contributed by atoms with Gasteiger partial charge < -0.3 is 9.64 Å². The molecular weight excluding hydrogens is 240 g/mol. The van der Waals surface area contributed by atoms with Crippen molar-refractivity contribution in [2.75, 3.05) is 46.4 Å². The van der Waals surface area contributed by atoms with Crippen LogP contribution < -0.4 is 4.74 Å². The van der Waals surface area contributed by atoms with Crippen molar-refractivity contribution < 1.29 is 4.74 Å². The number of nitrogens with zero attached hydrogens (tertiary/aromatic N) is 4. The van der Waals surface area contributed by atoms with Crippen LogP contribution in [-0.4, -0.2) is 66.1 Å². The van der Waals surface area contributed by atoms with Gasteiger partial charge in [-0.15, -0.1) is 0 Å². The summed E-state index contributed by atoms with van der Waals surface area (Å²) in [6.07, 6.45) is 3.07. The molecule has 0 atom stereocenters. The average Bonchev–Trinajstić information content (AvgIpc) is 2.32. The second-order valence-electron chi connectivity index (χ2n) is 4.17. The minimum atomic E-state index is 0.363. The number of rotatable bonds is 4. The Morgan fingerprint density at radius 3 is 2.76 bits per heavy atom. The molecular formula is C11H17ClN4O. The molecule has 0 radical (unpaired) electrons. The summed E-state index contributed by atoms with van der Waals surface area (Å²) < 4.78 is 5.50. The van der Waals surface area contributed by atoms with Crippen molar-refractivity contribution in [2.45, 2.75) is 0 Å². The van der Waals surface area contributed by atoms with Gasteiger partial charge in [-0.2, -0.15) is 4.98 Å². The molecule has 94 valence electrons. The fraction of sp³-hybridized carbons (Fsp3) is 0.636. The highest BCUT2D eigenvalue weighted by atomic mass is 35.5. The minimum Gasteiger partial charge on any atom is -0.475 e. The van der Waals surface area contributed by atoms with Gasteiger partial charge in [0.25, 0.3) is 0 Å². The third-order valence-electron chi connectivity index (χ3n) is 2.84. The topological polar surface area (TPSA) is 41.5 Å². The van der Waals surface area contributed by atoms with E-state index < -0.39 is 0 Å². The Morgan fingerprint density at radius 1 is 1.29 bits per heavy atom. The molecule has 0 aromatic carbocycles. The summed E-state index contributed by atoms with van der Waals surface area (Å²) in [6, 6.07) is 0. The molecule has 2 heterocycles. The van der Waals surface area contributed by atoms with Crippen molar-refractivity contribution in [2.24, 2.45) is 0 Å². The highest BCUT2D eigenvalue weighted by molar-refractivity contribution is 6.29. The van der Waals surface area contributed by atoms with Gasteiger partial charge in [-0.25, -0.2) is 0 Å². The summed E-state index contributed by atoms with van der Waals surface area (Å²) >= 11 is 5.72. The van der Waals surface area contributed by atoms with Gasteiger partial charge in [-0.05, 0) is 7.05 Å². The van der Waals surface area contributed by atoms with Crippen LogP contribution in [0.5, 0.6) is 5.88 Å². The molecule has 0 unspecified atom stereocenters. The zero-order valence-corrected chi connectivity index (χ0v) is 10.7. The zero-order chi connectivity index (χ0) is 12.1. The number of likely N-dealkylation sites (N-methyl/N-ethyl adjacent to an activating group) is 1. The monoisotopic (exact) mass is 256 g/mol. The van der Waals surface area contributed by atoms with Crippen LogP contribution in [0.2, 0.25) is 5.15 Å². The Kier molecular flexibility index (Phi) is 4.53. The lowest BCUT2D eigenvalue weighted by Gasteiger charge is -2.32. The lowest BCUT2D eigenvalue weighted by Crippen LogP contribution is -2.45. The van der Waals surface area contributed by atoms with Crippen molar-refractivity contribution in [3.63, 3.8) is 0 Å². The lowest BCUT2D eigenvalue weighted by atomic mass is 10.3. The zero-order valence-electron chi connectivity index (χ0n) is 9.97. The summed E-state index contributed by atoms with van der Waals surface area (Å²) in [6.45, 7) is 5.98. The molecule has 1 saturated heterocycles. The van der Waals surface area contributed by atoms with Crippen molar-refractivity contribution in [1.82, 2.24) is 19.8 Å². The third-order valence-corrected chi connectivity index (χ3v) is 3.02. The normalized spacial score (nSPS) is 18.2. The fourth-order valence-corrected chi connectivity index (χ4v) is 1.89. The Bertz CT molecular complexity index is 355. The first-order chi connectivity index (χ1) is 8.24. The molecule has 1 fully saturated rings. The molecule has 0 saturated carbocycles. The molecule has 1 aliphatic heterocycles. The van der Waals surface area contributed by atoms with E-state index in [1.807, 2.05) is 0 Å². The molecule has 6 heteroatoms.